The second-order valence-corrected chi connectivity index (χ2v) is 7.28. The molecule has 3 rings (SSSR count). The number of methoxy groups -OCH3 is 1. The number of aryl methyl sites for hydroxylation is 1. The number of aromatic nitrogens is 1. The molecule has 0 aromatic carbocycles. The van der Waals surface area contributed by atoms with Gasteiger partial charge in [0.2, 0.25) is 0 Å². The van der Waals surface area contributed by atoms with Gasteiger partial charge in [0.15, 0.2) is 5.13 Å². The molecule has 1 aromatic rings. The third-order valence-electron chi connectivity index (χ3n) is 4.71. The van der Waals surface area contributed by atoms with E-state index in [4.69, 9.17) is 9.72 Å². The number of thiazole rings is 1. The van der Waals surface area contributed by atoms with Gasteiger partial charge in [0, 0.05) is 25.1 Å². The highest BCUT2D eigenvalue weighted by atomic mass is 32.1. The largest absolute Gasteiger partial charge is 0.377 e. The van der Waals surface area contributed by atoms with Gasteiger partial charge in [0.25, 0.3) is 0 Å². The Balaban J connectivity index is 1.82. The molecule has 2 atom stereocenters. The zero-order valence-corrected chi connectivity index (χ0v) is 13.6. The molecule has 2 unspecified atom stereocenters. The highest BCUT2D eigenvalue weighted by molar-refractivity contribution is 7.15. The number of hydrogen-bond donors (Lipinski definition) is 1. The SMILES string of the molecule is CNC1CCCc2sc(N3CCCC(C)(OC)C3)nc21. The molecule has 1 aliphatic heterocycles. The molecule has 0 saturated carbocycles. The number of anilines is 1. The lowest BCUT2D eigenvalue weighted by Crippen LogP contribution is -2.47. The number of piperidine rings is 1. The Morgan fingerprint density at radius 1 is 1.45 bits per heavy atom. The van der Waals surface area contributed by atoms with Crippen LogP contribution in [0, 0.1) is 0 Å². The van der Waals surface area contributed by atoms with Crippen LogP contribution >= 0.6 is 11.3 Å². The standard InChI is InChI=1S/C15H25N3OS/c1-15(19-3)8-5-9-18(10-15)14-17-13-11(16-2)6-4-7-12(13)20-14/h11,16H,4-10H2,1-3H3. The molecule has 0 spiro atoms. The van der Waals surface area contributed by atoms with Crippen LogP contribution in [0.25, 0.3) is 0 Å². The van der Waals surface area contributed by atoms with Crippen molar-refractivity contribution >= 4 is 16.5 Å². The predicted molar refractivity (Wildman–Crippen MR) is 83.7 cm³/mol. The van der Waals surface area contributed by atoms with E-state index in [1.807, 2.05) is 25.5 Å². The summed E-state index contributed by atoms with van der Waals surface area (Å²) in [6.45, 7) is 4.28. The number of fused-ring (bicyclic) bond motifs is 1. The van der Waals surface area contributed by atoms with E-state index < -0.39 is 0 Å². The van der Waals surface area contributed by atoms with Crippen molar-refractivity contribution in [1.29, 1.82) is 0 Å². The highest BCUT2D eigenvalue weighted by Crippen LogP contribution is 2.38. The molecule has 1 fully saturated rings. The van der Waals surface area contributed by atoms with Gasteiger partial charge in [-0.15, -0.1) is 11.3 Å². The Morgan fingerprint density at radius 3 is 3.05 bits per heavy atom. The summed E-state index contributed by atoms with van der Waals surface area (Å²) in [6.07, 6.45) is 6.01. The lowest BCUT2D eigenvalue weighted by Gasteiger charge is -2.39. The molecule has 2 aliphatic rings. The fourth-order valence-electron chi connectivity index (χ4n) is 3.36. The number of rotatable bonds is 3. The van der Waals surface area contributed by atoms with Crippen LogP contribution in [0.3, 0.4) is 0 Å². The van der Waals surface area contributed by atoms with Crippen LogP contribution in [0.5, 0.6) is 0 Å². The Morgan fingerprint density at radius 2 is 2.30 bits per heavy atom. The molecule has 1 saturated heterocycles. The zero-order valence-electron chi connectivity index (χ0n) is 12.7. The van der Waals surface area contributed by atoms with E-state index in [2.05, 4.69) is 17.1 Å². The van der Waals surface area contributed by atoms with Gasteiger partial charge in [-0.05, 0) is 46.1 Å². The highest BCUT2D eigenvalue weighted by Gasteiger charge is 2.33. The van der Waals surface area contributed by atoms with E-state index in [0.717, 1.165) is 19.5 Å². The van der Waals surface area contributed by atoms with Gasteiger partial charge in [-0.1, -0.05) is 0 Å². The lowest BCUT2D eigenvalue weighted by molar-refractivity contribution is -0.00466. The number of nitrogens with one attached hydrogen (secondary N) is 1. The van der Waals surface area contributed by atoms with Crippen molar-refractivity contribution in [3.8, 4) is 0 Å². The normalized spacial score (nSPS) is 30.4. The molecule has 112 valence electrons. The molecule has 0 bridgehead atoms. The second-order valence-electron chi connectivity index (χ2n) is 6.22. The summed E-state index contributed by atoms with van der Waals surface area (Å²) in [5.41, 5.74) is 1.27. The molecule has 4 nitrogen and oxygen atoms in total. The Bertz CT molecular complexity index is 476. The maximum absolute atomic E-state index is 5.70. The quantitative estimate of drug-likeness (QED) is 0.930. The summed E-state index contributed by atoms with van der Waals surface area (Å²) < 4.78 is 5.70. The molecule has 2 heterocycles. The fourth-order valence-corrected chi connectivity index (χ4v) is 4.55. The fraction of sp³-hybridized carbons (Fsp3) is 0.800. The third-order valence-corrected chi connectivity index (χ3v) is 5.91. The summed E-state index contributed by atoms with van der Waals surface area (Å²) >= 11 is 1.89. The molecule has 0 amide bonds. The van der Waals surface area contributed by atoms with Crippen LogP contribution in [0.1, 0.15) is 49.2 Å². The zero-order chi connectivity index (χ0) is 14.2. The van der Waals surface area contributed by atoms with Crippen LogP contribution in [-0.4, -0.2) is 37.8 Å². The van der Waals surface area contributed by atoms with Crippen LogP contribution in [0.15, 0.2) is 0 Å². The minimum atomic E-state index is -0.0210. The topological polar surface area (TPSA) is 37.4 Å². The van der Waals surface area contributed by atoms with Gasteiger partial charge in [0.05, 0.1) is 17.3 Å². The first-order valence-electron chi connectivity index (χ1n) is 7.62. The Labute approximate surface area is 125 Å². The number of ether oxygens (including phenoxy) is 1. The van der Waals surface area contributed by atoms with Crippen molar-refractivity contribution in [3.05, 3.63) is 10.6 Å². The Hall–Kier alpha value is -0.650. The minimum absolute atomic E-state index is 0.0210. The third kappa shape index (κ3) is 2.59. The van der Waals surface area contributed by atoms with E-state index in [1.165, 1.54) is 41.4 Å². The van der Waals surface area contributed by atoms with Gasteiger partial charge in [-0.3, -0.25) is 0 Å². The molecule has 1 aromatic heterocycles. The summed E-state index contributed by atoms with van der Waals surface area (Å²) in [4.78, 5) is 8.85. The van der Waals surface area contributed by atoms with Crippen molar-refractivity contribution in [2.45, 2.75) is 50.7 Å². The molecule has 1 N–H and O–H groups in total. The molecule has 20 heavy (non-hydrogen) atoms. The number of hydrogen-bond acceptors (Lipinski definition) is 5. The minimum Gasteiger partial charge on any atom is -0.377 e. The lowest BCUT2D eigenvalue weighted by atomic mass is 9.95. The van der Waals surface area contributed by atoms with Crippen molar-refractivity contribution in [2.24, 2.45) is 0 Å². The summed E-state index contributed by atoms with van der Waals surface area (Å²) in [7, 11) is 3.87. The first kappa shape index (κ1) is 14.3. The average Bonchev–Trinajstić information content (AvgIpc) is 2.91. The van der Waals surface area contributed by atoms with Gasteiger partial charge < -0.3 is 15.0 Å². The molecule has 1 aliphatic carbocycles. The smallest absolute Gasteiger partial charge is 0.185 e. The van der Waals surface area contributed by atoms with E-state index in [9.17, 15) is 0 Å². The van der Waals surface area contributed by atoms with Crippen LogP contribution in [-0.2, 0) is 11.2 Å². The summed E-state index contributed by atoms with van der Waals surface area (Å²) in [5, 5.41) is 4.60. The van der Waals surface area contributed by atoms with E-state index in [1.54, 1.807) is 0 Å². The van der Waals surface area contributed by atoms with E-state index in [0.29, 0.717) is 6.04 Å². The molecule has 5 heteroatoms. The monoisotopic (exact) mass is 295 g/mol. The summed E-state index contributed by atoms with van der Waals surface area (Å²) in [6, 6.07) is 0.447. The Kier molecular flexibility index (Phi) is 4.02. The van der Waals surface area contributed by atoms with Crippen LogP contribution in [0.4, 0.5) is 5.13 Å². The summed E-state index contributed by atoms with van der Waals surface area (Å²) in [5.74, 6) is 0. The van der Waals surface area contributed by atoms with Gasteiger partial charge in [-0.25, -0.2) is 4.98 Å². The maximum Gasteiger partial charge on any atom is 0.185 e. The predicted octanol–water partition coefficient (Wildman–Crippen LogP) is 2.75. The molecule has 0 radical (unpaired) electrons. The van der Waals surface area contributed by atoms with Crippen LogP contribution < -0.4 is 10.2 Å². The van der Waals surface area contributed by atoms with Crippen molar-refractivity contribution < 1.29 is 4.74 Å². The second kappa shape index (κ2) is 5.62. The van der Waals surface area contributed by atoms with Gasteiger partial charge in [0.1, 0.15) is 0 Å². The first-order chi connectivity index (χ1) is 9.65. The van der Waals surface area contributed by atoms with Gasteiger partial charge in [-0.2, -0.15) is 0 Å². The van der Waals surface area contributed by atoms with Crippen molar-refractivity contribution in [2.75, 3.05) is 32.1 Å². The average molecular weight is 295 g/mol. The van der Waals surface area contributed by atoms with E-state index >= 15 is 0 Å². The van der Waals surface area contributed by atoms with Crippen molar-refractivity contribution in [1.82, 2.24) is 10.3 Å². The first-order valence-corrected chi connectivity index (χ1v) is 8.44. The van der Waals surface area contributed by atoms with Crippen molar-refractivity contribution in [3.63, 3.8) is 0 Å². The van der Waals surface area contributed by atoms with Crippen LogP contribution in [0.2, 0.25) is 0 Å². The molecular formula is C15H25N3OS. The maximum atomic E-state index is 5.70. The number of nitrogens with zero attached hydrogens (tertiary/aromatic N) is 2. The molecular weight excluding hydrogens is 270 g/mol. The van der Waals surface area contributed by atoms with Gasteiger partial charge >= 0.3 is 0 Å². The van der Waals surface area contributed by atoms with E-state index in [-0.39, 0.29) is 5.60 Å².